The normalized spacial score (nSPS) is 13.0. The summed E-state index contributed by atoms with van der Waals surface area (Å²) in [4.78, 5) is 4.48. The average Bonchev–Trinajstić information content (AvgIpc) is 2.63. The summed E-state index contributed by atoms with van der Waals surface area (Å²) < 4.78 is 0. The van der Waals surface area contributed by atoms with Crippen molar-refractivity contribution in [3.8, 4) is 0 Å². The fraction of sp³-hybridized carbons (Fsp3) is 0.750. The van der Waals surface area contributed by atoms with E-state index in [0.717, 1.165) is 6.42 Å². The van der Waals surface area contributed by atoms with Crippen LogP contribution in [0.15, 0.2) is 5.38 Å². The van der Waals surface area contributed by atoms with Crippen LogP contribution in [0.2, 0.25) is 0 Å². The molecule has 15 heavy (non-hydrogen) atoms. The predicted octanol–water partition coefficient (Wildman–Crippen LogP) is 3.16. The van der Waals surface area contributed by atoms with Crippen LogP contribution in [0.25, 0.3) is 0 Å². The molecule has 0 aliphatic heterocycles. The Hall–Kier alpha value is -0.410. The maximum atomic E-state index is 4.48. The first-order chi connectivity index (χ1) is 7.26. The Labute approximate surface area is 97.1 Å². The summed E-state index contributed by atoms with van der Waals surface area (Å²) in [5.41, 5.74) is 1.27. The Morgan fingerprint density at radius 1 is 1.47 bits per heavy atom. The van der Waals surface area contributed by atoms with Crippen molar-refractivity contribution in [2.45, 2.75) is 52.0 Å². The highest BCUT2D eigenvalue weighted by Gasteiger charge is 2.05. The molecule has 1 rings (SSSR count). The van der Waals surface area contributed by atoms with Gasteiger partial charge in [-0.1, -0.05) is 13.3 Å². The summed E-state index contributed by atoms with van der Waals surface area (Å²) in [6.07, 6.45) is 6.19. The van der Waals surface area contributed by atoms with Crippen molar-refractivity contribution in [2.75, 3.05) is 7.05 Å². The van der Waals surface area contributed by atoms with E-state index in [0.29, 0.717) is 6.04 Å². The molecule has 0 saturated carbocycles. The van der Waals surface area contributed by atoms with Gasteiger partial charge in [-0.25, -0.2) is 4.98 Å². The lowest BCUT2D eigenvalue weighted by molar-refractivity contribution is 0.469. The second-order valence-electron chi connectivity index (χ2n) is 4.02. The van der Waals surface area contributed by atoms with Crippen LogP contribution < -0.4 is 5.32 Å². The molecular weight excluding hydrogens is 204 g/mol. The molecule has 0 bridgehead atoms. The van der Waals surface area contributed by atoms with Gasteiger partial charge in [0.05, 0.1) is 10.7 Å². The molecule has 2 nitrogen and oxygen atoms in total. The maximum Gasteiger partial charge on any atom is 0.0897 e. The minimum Gasteiger partial charge on any atom is -0.317 e. The highest BCUT2D eigenvalue weighted by Crippen LogP contribution is 2.12. The average molecular weight is 226 g/mol. The Morgan fingerprint density at radius 2 is 2.27 bits per heavy atom. The van der Waals surface area contributed by atoms with Gasteiger partial charge in [-0.2, -0.15) is 0 Å². The van der Waals surface area contributed by atoms with Crippen molar-refractivity contribution < 1.29 is 0 Å². The van der Waals surface area contributed by atoms with Crippen LogP contribution in [-0.4, -0.2) is 18.1 Å². The quantitative estimate of drug-likeness (QED) is 0.772. The minimum absolute atomic E-state index is 0.690. The van der Waals surface area contributed by atoms with Gasteiger partial charge >= 0.3 is 0 Å². The van der Waals surface area contributed by atoms with Gasteiger partial charge in [-0.3, -0.25) is 0 Å². The number of aromatic nitrogens is 1. The summed E-state index contributed by atoms with van der Waals surface area (Å²) in [6, 6.07) is 0.690. The van der Waals surface area contributed by atoms with Gasteiger partial charge in [0.2, 0.25) is 0 Å². The third-order valence-corrected chi connectivity index (χ3v) is 3.52. The molecule has 1 N–H and O–H groups in total. The van der Waals surface area contributed by atoms with Gasteiger partial charge in [-0.05, 0) is 39.7 Å². The van der Waals surface area contributed by atoms with Crippen molar-refractivity contribution in [3.05, 3.63) is 16.1 Å². The summed E-state index contributed by atoms with van der Waals surface area (Å²) in [5.74, 6) is 0. The number of aryl methyl sites for hydroxylation is 2. The van der Waals surface area contributed by atoms with Gasteiger partial charge in [0, 0.05) is 11.4 Å². The van der Waals surface area contributed by atoms with Gasteiger partial charge in [0.25, 0.3) is 0 Å². The number of thiazole rings is 1. The number of hydrogen-bond acceptors (Lipinski definition) is 3. The van der Waals surface area contributed by atoms with Crippen molar-refractivity contribution in [3.63, 3.8) is 0 Å². The van der Waals surface area contributed by atoms with Crippen LogP contribution in [0.3, 0.4) is 0 Å². The highest BCUT2D eigenvalue weighted by molar-refractivity contribution is 7.09. The molecule has 0 fully saturated rings. The van der Waals surface area contributed by atoms with Crippen molar-refractivity contribution in [2.24, 2.45) is 0 Å². The van der Waals surface area contributed by atoms with E-state index in [4.69, 9.17) is 0 Å². The molecule has 0 radical (unpaired) electrons. The van der Waals surface area contributed by atoms with Crippen molar-refractivity contribution >= 4 is 11.3 Å². The third kappa shape index (κ3) is 4.76. The molecule has 0 aromatic carbocycles. The molecule has 1 unspecified atom stereocenters. The Balaban J connectivity index is 2.20. The first kappa shape index (κ1) is 12.7. The lowest BCUT2D eigenvalue weighted by atomic mass is 10.0. The number of hydrogen-bond donors (Lipinski definition) is 1. The zero-order valence-electron chi connectivity index (χ0n) is 10.0. The van der Waals surface area contributed by atoms with Gasteiger partial charge in [0.1, 0.15) is 0 Å². The molecule has 0 spiro atoms. The SMILES string of the molecule is CCCC(CCCc1csc(C)n1)NC. The fourth-order valence-electron chi connectivity index (χ4n) is 1.83. The highest BCUT2D eigenvalue weighted by atomic mass is 32.1. The zero-order chi connectivity index (χ0) is 11.1. The first-order valence-electron chi connectivity index (χ1n) is 5.84. The van der Waals surface area contributed by atoms with E-state index in [1.807, 2.05) is 0 Å². The van der Waals surface area contributed by atoms with Crippen LogP contribution in [0, 0.1) is 6.92 Å². The molecule has 1 aromatic heterocycles. The van der Waals surface area contributed by atoms with Crippen LogP contribution in [0.1, 0.15) is 43.3 Å². The van der Waals surface area contributed by atoms with Gasteiger partial charge in [0.15, 0.2) is 0 Å². The van der Waals surface area contributed by atoms with E-state index >= 15 is 0 Å². The molecule has 86 valence electrons. The number of rotatable bonds is 7. The van der Waals surface area contributed by atoms with Crippen LogP contribution >= 0.6 is 11.3 Å². The first-order valence-corrected chi connectivity index (χ1v) is 6.72. The van der Waals surface area contributed by atoms with Gasteiger partial charge in [-0.15, -0.1) is 11.3 Å². The zero-order valence-corrected chi connectivity index (χ0v) is 10.9. The third-order valence-electron chi connectivity index (χ3n) is 2.70. The largest absolute Gasteiger partial charge is 0.317 e. The summed E-state index contributed by atoms with van der Waals surface area (Å²) >= 11 is 1.75. The Morgan fingerprint density at radius 3 is 2.80 bits per heavy atom. The van der Waals surface area contributed by atoms with E-state index in [-0.39, 0.29) is 0 Å². The minimum atomic E-state index is 0.690. The molecule has 1 aromatic rings. The summed E-state index contributed by atoms with van der Waals surface area (Å²) in [6.45, 7) is 4.32. The van der Waals surface area contributed by atoms with Crippen LogP contribution in [-0.2, 0) is 6.42 Å². The molecule has 0 aliphatic carbocycles. The Kier molecular flexibility index (Phi) is 5.88. The van der Waals surface area contributed by atoms with Crippen molar-refractivity contribution in [1.82, 2.24) is 10.3 Å². The van der Waals surface area contributed by atoms with E-state index in [9.17, 15) is 0 Å². The van der Waals surface area contributed by atoms with E-state index in [1.54, 1.807) is 11.3 Å². The molecular formula is C12H22N2S. The fourth-order valence-corrected chi connectivity index (χ4v) is 2.48. The van der Waals surface area contributed by atoms with E-state index < -0.39 is 0 Å². The lowest BCUT2D eigenvalue weighted by Crippen LogP contribution is -2.24. The molecule has 1 heterocycles. The molecule has 0 amide bonds. The Bertz CT molecular complexity index is 270. The predicted molar refractivity (Wildman–Crippen MR) is 67.5 cm³/mol. The molecule has 1 atom stereocenters. The molecule has 3 heteroatoms. The molecule has 0 saturated heterocycles. The number of nitrogens with zero attached hydrogens (tertiary/aromatic N) is 1. The van der Waals surface area contributed by atoms with Crippen LogP contribution in [0.4, 0.5) is 0 Å². The monoisotopic (exact) mass is 226 g/mol. The van der Waals surface area contributed by atoms with Crippen molar-refractivity contribution in [1.29, 1.82) is 0 Å². The van der Waals surface area contributed by atoms with Crippen LogP contribution in [0.5, 0.6) is 0 Å². The van der Waals surface area contributed by atoms with E-state index in [1.165, 1.54) is 36.4 Å². The molecule has 0 aliphatic rings. The number of nitrogens with one attached hydrogen (secondary N) is 1. The second-order valence-corrected chi connectivity index (χ2v) is 5.09. The van der Waals surface area contributed by atoms with E-state index in [2.05, 4.69) is 36.6 Å². The topological polar surface area (TPSA) is 24.9 Å². The lowest BCUT2D eigenvalue weighted by Gasteiger charge is -2.14. The second kappa shape index (κ2) is 6.96. The summed E-state index contributed by atoms with van der Waals surface area (Å²) in [7, 11) is 2.06. The maximum absolute atomic E-state index is 4.48. The smallest absolute Gasteiger partial charge is 0.0897 e. The standard InChI is InChI=1S/C12H22N2S/c1-4-6-11(13-3)7-5-8-12-9-15-10(2)14-12/h9,11,13H,4-8H2,1-3H3. The summed E-state index contributed by atoms with van der Waals surface area (Å²) in [5, 5.41) is 6.74. The van der Waals surface area contributed by atoms with Gasteiger partial charge < -0.3 is 5.32 Å².